The van der Waals surface area contributed by atoms with Gasteiger partial charge in [-0.25, -0.2) is 8.42 Å². The summed E-state index contributed by atoms with van der Waals surface area (Å²) in [6, 6.07) is 14.4. The molecular formula is C17H20N2O4S. The van der Waals surface area contributed by atoms with Gasteiger partial charge in [-0.1, -0.05) is 18.2 Å². The van der Waals surface area contributed by atoms with E-state index in [-0.39, 0.29) is 10.8 Å². The van der Waals surface area contributed by atoms with E-state index < -0.39 is 10.0 Å². The van der Waals surface area contributed by atoms with Crippen molar-refractivity contribution in [2.45, 2.75) is 11.3 Å². The Morgan fingerprint density at radius 3 is 2.33 bits per heavy atom. The first-order valence-corrected chi connectivity index (χ1v) is 8.96. The fourth-order valence-electron chi connectivity index (χ4n) is 2.02. The van der Waals surface area contributed by atoms with Crippen molar-refractivity contribution in [2.24, 2.45) is 0 Å². The molecule has 0 heterocycles. The van der Waals surface area contributed by atoms with Gasteiger partial charge >= 0.3 is 0 Å². The lowest BCUT2D eigenvalue weighted by atomic mass is 10.2. The van der Waals surface area contributed by atoms with Crippen molar-refractivity contribution in [3.05, 3.63) is 60.2 Å². The van der Waals surface area contributed by atoms with Gasteiger partial charge < -0.3 is 10.1 Å². The van der Waals surface area contributed by atoms with Crippen LogP contribution in [0, 0.1) is 0 Å². The Morgan fingerprint density at radius 1 is 1.04 bits per heavy atom. The predicted octanol–water partition coefficient (Wildman–Crippen LogP) is 2.25. The maximum absolute atomic E-state index is 12.2. The van der Waals surface area contributed by atoms with Crippen LogP contribution in [0.3, 0.4) is 0 Å². The van der Waals surface area contributed by atoms with E-state index in [1.807, 2.05) is 0 Å². The standard InChI is InChI=1S/C17H20N2O4S/c1-23-13-5-12-18-17(20)14-8-10-15(11-9-14)19-24(21,22)16-6-3-2-4-7-16/h2-4,6-11,19H,5,12-13H2,1H3,(H,18,20). The van der Waals surface area contributed by atoms with Crippen LogP contribution in [0.1, 0.15) is 16.8 Å². The topological polar surface area (TPSA) is 84.5 Å². The molecule has 0 bridgehead atoms. The zero-order chi connectivity index (χ0) is 17.4. The molecule has 0 atom stereocenters. The van der Waals surface area contributed by atoms with Gasteiger partial charge in [-0.05, 0) is 42.8 Å². The smallest absolute Gasteiger partial charge is 0.261 e. The van der Waals surface area contributed by atoms with E-state index in [0.29, 0.717) is 24.4 Å². The highest BCUT2D eigenvalue weighted by atomic mass is 32.2. The van der Waals surface area contributed by atoms with Gasteiger partial charge in [0.05, 0.1) is 4.90 Å². The second kappa shape index (κ2) is 8.47. The van der Waals surface area contributed by atoms with Crippen molar-refractivity contribution < 1.29 is 17.9 Å². The van der Waals surface area contributed by atoms with Crippen LogP contribution in [0.4, 0.5) is 5.69 Å². The quantitative estimate of drug-likeness (QED) is 0.717. The van der Waals surface area contributed by atoms with E-state index in [2.05, 4.69) is 10.0 Å². The van der Waals surface area contributed by atoms with Gasteiger partial charge in [0.25, 0.3) is 15.9 Å². The Labute approximate surface area is 141 Å². The molecule has 0 aliphatic carbocycles. The Morgan fingerprint density at radius 2 is 1.71 bits per heavy atom. The number of sulfonamides is 1. The van der Waals surface area contributed by atoms with Gasteiger partial charge in [-0.15, -0.1) is 0 Å². The second-order valence-electron chi connectivity index (χ2n) is 5.10. The van der Waals surface area contributed by atoms with Crippen molar-refractivity contribution in [3.8, 4) is 0 Å². The fraction of sp³-hybridized carbons (Fsp3) is 0.235. The number of nitrogens with one attached hydrogen (secondary N) is 2. The molecule has 2 N–H and O–H groups in total. The maximum atomic E-state index is 12.2. The summed E-state index contributed by atoms with van der Waals surface area (Å²) in [5, 5.41) is 2.77. The summed E-state index contributed by atoms with van der Waals surface area (Å²) in [6.45, 7) is 1.11. The summed E-state index contributed by atoms with van der Waals surface area (Å²) in [6.07, 6.45) is 0.733. The lowest BCUT2D eigenvalue weighted by Gasteiger charge is -2.09. The third-order valence-corrected chi connectivity index (χ3v) is 4.66. The number of hydrogen-bond donors (Lipinski definition) is 2. The number of rotatable bonds is 8. The van der Waals surface area contributed by atoms with Crippen LogP contribution in [-0.4, -0.2) is 34.6 Å². The number of carbonyl (C=O) groups excluding carboxylic acids is 1. The van der Waals surface area contributed by atoms with E-state index in [9.17, 15) is 13.2 Å². The van der Waals surface area contributed by atoms with E-state index >= 15 is 0 Å². The Hall–Kier alpha value is -2.38. The fourth-order valence-corrected chi connectivity index (χ4v) is 3.10. The summed E-state index contributed by atoms with van der Waals surface area (Å²) in [5.41, 5.74) is 0.866. The molecule has 0 fully saturated rings. The average Bonchev–Trinajstić information content (AvgIpc) is 2.60. The molecule has 0 aliphatic heterocycles. The lowest BCUT2D eigenvalue weighted by molar-refractivity contribution is 0.0948. The van der Waals surface area contributed by atoms with Crippen molar-refractivity contribution in [1.29, 1.82) is 0 Å². The van der Waals surface area contributed by atoms with Crippen LogP contribution >= 0.6 is 0 Å². The number of hydrogen-bond acceptors (Lipinski definition) is 4. The van der Waals surface area contributed by atoms with E-state index in [0.717, 1.165) is 6.42 Å². The highest BCUT2D eigenvalue weighted by molar-refractivity contribution is 7.92. The lowest BCUT2D eigenvalue weighted by Crippen LogP contribution is -2.25. The van der Waals surface area contributed by atoms with Gasteiger partial charge in [0.2, 0.25) is 0 Å². The second-order valence-corrected chi connectivity index (χ2v) is 6.78. The average molecular weight is 348 g/mol. The molecule has 2 rings (SSSR count). The Balaban J connectivity index is 1.98. The van der Waals surface area contributed by atoms with E-state index in [1.165, 1.54) is 12.1 Å². The number of methoxy groups -OCH3 is 1. The highest BCUT2D eigenvalue weighted by Crippen LogP contribution is 2.16. The van der Waals surface area contributed by atoms with Gasteiger partial charge in [0.15, 0.2) is 0 Å². The molecule has 2 aromatic carbocycles. The van der Waals surface area contributed by atoms with Crippen molar-refractivity contribution >= 4 is 21.6 Å². The maximum Gasteiger partial charge on any atom is 0.261 e. The van der Waals surface area contributed by atoms with Gasteiger partial charge in [0.1, 0.15) is 0 Å². The van der Waals surface area contributed by atoms with E-state index in [1.54, 1.807) is 49.6 Å². The molecule has 128 valence electrons. The first kappa shape index (κ1) is 18.0. The molecule has 0 radical (unpaired) electrons. The minimum Gasteiger partial charge on any atom is -0.385 e. The monoisotopic (exact) mass is 348 g/mol. The minimum absolute atomic E-state index is 0.185. The predicted molar refractivity (Wildman–Crippen MR) is 92.5 cm³/mol. The Kier molecular flexibility index (Phi) is 6.34. The number of amides is 1. The summed E-state index contributed by atoms with van der Waals surface area (Å²) in [5.74, 6) is -0.205. The molecule has 6 nitrogen and oxygen atoms in total. The number of benzene rings is 2. The van der Waals surface area contributed by atoms with Crippen LogP contribution in [0.2, 0.25) is 0 Å². The van der Waals surface area contributed by atoms with Gasteiger partial charge in [-0.3, -0.25) is 9.52 Å². The molecule has 0 saturated heterocycles. The number of ether oxygens (including phenoxy) is 1. The third kappa shape index (κ3) is 5.07. The third-order valence-electron chi connectivity index (χ3n) is 3.26. The largest absolute Gasteiger partial charge is 0.385 e. The number of carbonyl (C=O) groups is 1. The zero-order valence-corrected chi connectivity index (χ0v) is 14.2. The van der Waals surface area contributed by atoms with Crippen LogP contribution in [-0.2, 0) is 14.8 Å². The first-order chi connectivity index (χ1) is 11.5. The van der Waals surface area contributed by atoms with Crippen LogP contribution in [0.5, 0.6) is 0 Å². The zero-order valence-electron chi connectivity index (χ0n) is 13.4. The molecule has 7 heteroatoms. The molecular weight excluding hydrogens is 328 g/mol. The summed E-state index contributed by atoms with van der Waals surface area (Å²) >= 11 is 0. The molecule has 0 aliphatic rings. The molecule has 0 aromatic heterocycles. The van der Waals surface area contributed by atoms with Crippen molar-refractivity contribution in [3.63, 3.8) is 0 Å². The summed E-state index contributed by atoms with van der Waals surface area (Å²) in [4.78, 5) is 12.1. The van der Waals surface area contributed by atoms with Gasteiger partial charge in [0, 0.05) is 31.5 Å². The normalized spacial score (nSPS) is 11.0. The van der Waals surface area contributed by atoms with Crippen molar-refractivity contribution in [2.75, 3.05) is 25.0 Å². The molecule has 2 aromatic rings. The SMILES string of the molecule is COCCCNC(=O)c1ccc(NS(=O)(=O)c2ccccc2)cc1. The highest BCUT2D eigenvalue weighted by Gasteiger charge is 2.13. The molecule has 0 unspecified atom stereocenters. The summed E-state index contributed by atoms with van der Waals surface area (Å²) < 4.78 is 31.8. The molecule has 1 amide bonds. The Bertz CT molecular complexity index is 759. The van der Waals surface area contributed by atoms with Crippen molar-refractivity contribution in [1.82, 2.24) is 5.32 Å². The van der Waals surface area contributed by atoms with Crippen LogP contribution < -0.4 is 10.0 Å². The molecule has 0 spiro atoms. The number of anilines is 1. The first-order valence-electron chi connectivity index (χ1n) is 7.48. The van der Waals surface area contributed by atoms with Crippen LogP contribution in [0.15, 0.2) is 59.5 Å². The van der Waals surface area contributed by atoms with E-state index in [4.69, 9.17) is 4.74 Å². The minimum atomic E-state index is -3.63. The van der Waals surface area contributed by atoms with Crippen LogP contribution in [0.25, 0.3) is 0 Å². The molecule has 0 saturated carbocycles. The van der Waals surface area contributed by atoms with Gasteiger partial charge in [-0.2, -0.15) is 0 Å². The molecule has 24 heavy (non-hydrogen) atoms. The summed E-state index contributed by atoms with van der Waals surface area (Å²) in [7, 11) is -2.02.